The molecule has 4 aromatic rings. The van der Waals surface area contributed by atoms with Crippen molar-refractivity contribution >= 4 is 16.9 Å². The summed E-state index contributed by atoms with van der Waals surface area (Å²) in [5.41, 5.74) is 2.99. The van der Waals surface area contributed by atoms with E-state index < -0.39 is 28.9 Å². The minimum absolute atomic E-state index is 0.00414. The maximum Gasteiger partial charge on any atom is 0.339 e. The summed E-state index contributed by atoms with van der Waals surface area (Å²) in [5, 5.41) is 23.8. The number of carboxylic acids is 1. The second-order valence-electron chi connectivity index (χ2n) is 7.36. The standard InChI is InChI=1S/C24H20F2N2O3/c1-3-14-7-4-6-13(2)17(14)12-28-20-9-5-8-18(25)22(20)23(27-28)15-11-21(29)16(24(30)31)10-19(15)26/h4-11,29H,3,12H2,1-2H3,(H,30,31). The lowest BCUT2D eigenvalue weighted by molar-refractivity contribution is 0.0693. The van der Waals surface area contributed by atoms with E-state index in [0.29, 0.717) is 12.1 Å². The molecule has 1 aromatic heterocycles. The average Bonchev–Trinajstić information content (AvgIpc) is 3.10. The van der Waals surface area contributed by atoms with Crippen molar-refractivity contribution in [2.45, 2.75) is 26.8 Å². The van der Waals surface area contributed by atoms with Crippen LogP contribution in [0.15, 0.2) is 48.5 Å². The molecular weight excluding hydrogens is 402 g/mol. The Labute approximate surface area is 177 Å². The van der Waals surface area contributed by atoms with Crippen molar-refractivity contribution in [3.05, 3.63) is 82.4 Å². The number of fused-ring (bicyclic) bond motifs is 1. The van der Waals surface area contributed by atoms with E-state index >= 15 is 0 Å². The first kappa shape index (κ1) is 20.5. The van der Waals surface area contributed by atoms with Crippen LogP contribution in [-0.2, 0) is 13.0 Å². The van der Waals surface area contributed by atoms with Crippen LogP contribution < -0.4 is 0 Å². The van der Waals surface area contributed by atoms with Crippen LogP contribution in [0, 0.1) is 18.6 Å². The molecule has 0 atom stereocenters. The van der Waals surface area contributed by atoms with Crippen LogP contribution in [0.5, 0.6) is 5.75 Å². The highest BCUT2D eigenvalue weighted by molar-refractivity contribution is 5.96. The summed E-state index contributed by atoms with van der Waals surface area (Å²) in [6, 6.07) is 12.2. The molecular formula is C24H20F2N2O3. The molecule has 5 nitrogen and oxygen atoms in total. The number of aromatic hydroxyl groups is 1. The Kier molecular flexibility index (Phi) is 5.19. The van der Waals surface area contributed by atoms with Crippen LogP contribution in [-0.4, -0.2) is 26.0 Å². The second kappa shape index (κ2) is 7.83. The Balaban J connectivity index is 1.94. The van der Waals surface area contributed by atoms with E-state index in [4.69, 9.17) is 5.11 Å². The summed E-state index contributed by atoms with van der Waals surface area (Å²) in [7, 11) is 0. The fraction of sp³-hybridized carbons (Fsp3) is 0.167. The van der Waals surface area contributed by atoms with Crippen molar-refractivity contribution in [3.8, 4) is 17.0 Å². The normalized spacial score (nSPS) is 11.2. The Morgan fingerprint density at radius 2 is 1.84 bits per heavy atom. The van der Waals surface area contributed by atoms with Gasteiger partial charge in [-0.2, -0.15) is 5.10 Å². The molecule has 0 aliphatic rings. The molecule has 0 saturated heterocycles. The molecule has 0 bridgehead atoms. The summed E-state index contributed by atoms with van der Waals surface area (Å²) in [6.45, 7) is 4.40. The second-order valence-corrected chi connectivity index (χ2v) is 7.36. The number of halogens is 2. The number of nitrogens with zero attached hydrogens (tertiary/aromatic N) is 2. The molecule has 0 radical (unpaired) electrons. The van der Waals surface area contributed by atoms with Gasteiger partial charge in [-0.05, 0) is 54.3 Å². The van der Waals surface area contributed by atoms with Gasteiger partial charge in [0, 0.05) is 5.56 Å². The fourth-order valence-corrected chi connectivity index (χ4v) is 3.88. The number of phenols is 1. The Hall–Kier alpha value is -3.74. The van der Waals surface area contributed by atoms with Gasteiger partial charge >= 0.3 is 5.97 Å². The average molecular weight is 422 g/mol. The van der Waals surface area contributed by atoms with Gasteiger partial charge in [0.15, 0.2) is 0 Å². The molecule has 2 N–H and O–H groups in total. The number of carbonyl (C=O) groups is 1. The van der Waals surface area contributed by atoms with E-state index in [0.717, 1.165) is 35.2 Å². The van der Waals surface area contributed by atoms with Crippen molar-refractivity contribution in [1.29, 1.82) is 0 Å². The Morgan fingerprint density at radius 1 is 1.10 bits per heavy atom. The third-order valence-corrected chi connectivity index (χ3v) is 5.49. The lowest BCUT2D eigenvalue weighted by atomic mass is 10.00. The van der Waals surface area contributed by atoms with Crippen molar-refractivity contribution in [1.82, 2.24) is 9.78 Å². The van der Waals surface area contributed by atoms with Crippen LogP contribution in [0.25, 0.3) is 22.2 Å². The number of benzene rings is 3. The predicted molar refractivity (Wildman–Crippen MR) is 113 cm³/mol. The third kappa shape index (κ3) is 3.52. The molecule has 0 fully saturated rings. The van der Waals surface area contributed by atoms with Gasteiger partial charge in [-0.3, -0.25) is 4.68 Å². The maximum absolute atomic E-state index is 14.8. The predicted octanol–water partition coefficient (Wildman–Crippen LogP) is 5.30. The smallest absolute Gasteiger partial charge is 0.339 e. The topological polar surface area (TPSA) is 75.3 Å². The molecule has 4 rings (SSSR count). The molecule has 158 valence electrons. The minimum atomic E-state index is -1.46. The summed E-state index contributed by atoms with van der Waals surface area (Å²) in [5.74, 6) is -3.57. The van der Waals surface area contributed by atoms with Gasteiger partial charge in [0.05, 0.1) is 17.4 Å². The number of rotatable bonds is 5. The summed E-state index contributed by atoms with van der Waals surface area (Å²) >= 11 is 0. The van der Waals surface area contributed by atoms with Gasteiger partial charge in [0.1, 0.15) is 28.6 Å². The van der Waals surface area contributed by atoms with E-state index in [9.17, 15) is 18.7 Å². The SMILES string of the molecule is CCc1cccc(C)c1Cn1nc(-c2cc(O)c(C(=O)O)cc2F)c2c(F)cccc21. The molecule has 7 heteroatoms. The zero-order valence-electron chi connectivity index (χ0n) is 17.0. The van der Waals surface area contributed by atoms with E-state index in [1.54, 1.807) is 16.8 Å². The molecule has 3 aromatic carbocycles. The highest BCUT2D eigenvalue weighted by Gasteiger charge is 2.22. The summed E-state index contributed by atoms with van der Waals surface area (Å²) in [6.07, 6.45) is 0.816. The van der Waals surface area contributed by atoms with E-state index in [-0.39, 0.29) is 16.6 Å². The van der Waals surface area contributed by atoms with E-state index in [1.807, 2.05) is 32.0 Å². The molecule has 31 heavy (non-hydrogen) atoms. The van der Waals surface area contributed by atoms with Crippen LogP contribution in [0.3, 0.4) is 0 Å². The summed E-state index contributed by atoms with van der Waals surface area (Å²) < 4.78 is 31.2. The molecule has 1 heterocycles. The van der Waals surface area contributed by atoms with Crippen LogP contribution >= 0.6 is 0 Å². The lowest BCUT2D eigenvalue weighted by Crippen LogP contribution is -2.06. The highest BCUT2D eigenvalue weighted by atomic mass is 19.1. The van der Waals surface area contributed by atoms with E-state index in [1.165, 1.54) is 6.07 Å². The summed E-state index contributed by atoms with van der Waals surface area (Å²) in [4.78, 5) is 11.2. The number of aromatic carboxylic acids is 1. The van der Waals surface area contributed by atoms with Crippen LogP contribution in [0.2, 0.25) is 0 Å². The van der Waals surface area contributed by atoms with Gasteiger partial charge < -0.3 is 10.2 Å². The third-order valence-electron chi connectivity index (χ3n) is 5.49. The first-order valence-corrected chi connectivity index (χ1v) is 9.80. The van der Waals surface area contributed by atoms with Crippen LogP contribution in [0.4, 0.5) is 8.78 Å². The molecule has 0 aliphatic carbocycles. The van der Waals surface area contributed by atoms with Crippen LogP contribution in [0.1, 0.15) is 34.0 Å². The quantitative estimate of drug-likeness (QED) is 0.457. The fourth-order valence-electron chi connectivity index (χ4n) is 3.88. The zero-order valence-corrected chi connectivity index (χ0v) is 17.0. The zero-order chi connectivity index (χ0) is 22.3. The molecule has 0 unspecified atom stereocenters. The van der Waals surface area contributed by atoms with Gasteiger partial charge in [0.25, 0.3) is 0 Å². The number of aromatic nitrogens is 2. The first-order valence-electron chi connectivity index (χ1n) is 9.80. The molecule has 0 amide bonds. The largest absolute Gasteiger partial charge is 0.507 e. The molecule has 0 spiro atoms. The Morgan fingerprint density at radius 3 is 2.55 bits per heavy atom. The van der Waals surface area contributed by atoms with Crippen molar-refractivity contribution < 1.29 is 23.8 Å². The molecule has 0 aliphatic heterocycles. The van der Waals surface area contributed by atoms with Gasteiger partial charge in [0.2, 0.25) is 0 Å². The van der Waals surface area contributed by atoms with Gasteiger partial charge in [-0.25, -0.2) is 13.6 Å². The lowest BCUT2D eigenvalue weighted by Gasteiger charge is -2.12. The maximum atomic E-state index is 14.8. The number of aryl methyl sites for hydroxylation is 2. The monoisotopic (exact) mass is 422 g/mol. The van der Waals surface area contributed by atoms with Crippen molar-refractivity contribution in [2.24, 2.45) is 0 Å². The first-order chi connectivity index (χ1) is 14.8. The van der Waals surface area contributed by atoms with Gasteiger partial charge in [-0.1, -0.05) is 31.2 Å². The van der Waals surface area contributed by atoms with Crippen molar-refractivity contribution in [3.63, 3.8) is 0 Å². The number of hydrogen-bond acceptors (Lipinski definition) is 3. The highest BCUT2D eigenvalue weighted by Crippen LogP contribution is 2.35. The Bertz CT molecular complexity index is 1330. The molecule has 0 saturated carbocycles. The van der Waals surface area contributed by atoms with Crippen molar-refractivity contribution in [2.75, 3.05) is 0 Å². The van der Waals surface area contributed by atoms with Gasteiger partial charge in [-0.15, -0.1) is 0 Å². The number of carboxylic acid groups (broad SMARTS) is 1. The number of hydrogen-bond donors (Lipinski definition) is 2. The minimum Gasteiger partial charge on any atom is -0.507 e. The van der Waals surface area contributed by atoms with E-state index in [2.05, 4.69) is 5.10 Å².